The number of imidazole rings is 1. The molecule has 0 bridgehead atoms. The number of carbonyl (C=O) groups excluding carboxylic acids is 1. The van der Waals surface area contributed by atoms with Gasteiger partial charge in [-0.1, -0.05) is 30.3 Å². The number of rotatable bonds is 9. The van der Waals surface area contributed by atoms with Crippen LogP contribution in [0.1, 0.15) is 27.9 Å². The maximum absolute atomic E-state index is 13.3. The Morgan fingerprint density at radius 1 is 1.09 bits per heavy atom. The minimum Gasteiger partial charge on any atom is -0.493 e. The van der Waals surface area contributed by atoms with Crippen molar-refractivity contribution in [3.63, 3.8) is 0 Å². The average molecular weight is 448 g/mol. The molecule has 0 saturated heterocycles. The van der Waals surface area contributed by atoms with Crippen LogP contribution in [0, 0.1) is 0 Å². The third kappa shape index (κ3) is 4.84. The molecule has 0 aliphatic heterocycles. The summed E-state index contributed by atoms with van der Waals surface area (Å²) in [7, 11) is 1.62. The summed E-state index contributed by atoms with van der Waals surface area (Å²) in [5, 5.41) is 2.03. The van der Waals surface area contributed by atoms with Crippen LogP contribution in [0.3, 0.4) is 0 Å². The van der Waals surface area contributed by atoms with Gasteiger partial charge in [-0.25, -0.2) is 4.98 Å². The van der Waals surface area contributed by atoms with Crippen molar-refractivity contribution in [2.75, 3.05) is 13.7 Å². The van der Waals surface area contributed by atoms with Crippen LogP contribution in [-0.2, 0) is 13.2 Å². The molecular formula is C25H25N3O3S. The maximum atomic E-state index is 13.3. The summed E-state index contributed by atoms with van der Waals surface area (Å²) in [6.07, 6.45) is 3.28. The molecule has 0 saturated carbocycles. The number of ether oxygens (including phenoxy) is 2. The Hall–Kier alpha value is -3.58. The molecule has 0 spiro atoms. The number of amides is 1. The highest BCUT2D eigenvalue weighted by atomic mass is 32.1. The Morgan fingerprint density at radius 3 is 2.66 bits per heavy atom. The number of benzene rings is 2. The van der Waals surface area contributed by atoms with E-state index >= 15 is 0 Å². The van der Waals surface area contributed by atoms with Crippen LogP contribution in [0.5, 0.6) is 11.5 Å². The predicted octanol–water partition coefficient (Wildman–Crippen LogP) is 5.18. The highest BCUT2D eigenvalue weighted by Gasteiger charge is 2.20. The van der Waals surface area contributed by atoms with Crippen LogP contribution < -0.4 is 9.47 Å². The molecule has 2 aromatic heterocycles. The molecule has 0 aliphatic carbocycles. The lowest BCUT2D eigenvalue weighted by Crippen LogP contribution is -2.31. The number of hydrogen-bond donors (Lipinski definition) is 0. The lowest BCUT2D eigenvalue weighted by atomic mass is 10.1. The van der Waals surface area contributed by atoms with Gasteiger partial charge in [0.1, 0.15) is 12.3 Å². The van der Waals surface area contributed by atoms with E-state index < -0.39 is 0 Å². The maximum Gasteiger partial charge on any atom is 0.272 e. The highest BCUT2D eigenvalue weighted by Crippen LogP contribution is 2.30. The van der Waals surface area contributed by atoms with Crippen LogP contribution in [0.2, 0.25) is 0 Å². The standard InChI is InChI=1S/C25H25N3O3S/c1-3-27(25(29)22-15-26-18-28(22)20-8-5-4-6-9-20)16-19-11-12-23(24(14-19)30-2)31-17-21-10-7-13-32-21/h4-15,18H,3,16-17H2,1-2H3. The summed E-state index contributed by atoms with van der Waals surface area (Å²) < 4.78 is 13.3. The lowest BCUT2D eigenvalue weighted by molar-refractivity contribution is 0.0744. The van der Waals surface area contributed by atoms with E-state index in [0.717, 1.165) is 16.1 Å². The van der Waals surface area contributed by atoms with E-state index in [2.05, 4.69) is 4.98 Å². The zero-order chi connectivity index (χ0) is 22.3. The molecule has 0 aliphatic rings. The largest absolute Gasteiger partial charge is 0.493 e. The first kappa shape index (κ1) is 21.6. The van der Waals surface area contributed by atoms with Crippen molar-refractivity contribution in [3.05, 3.63) is 94.7 Å². The van der Waals surface area contributed by atoms with E-state index in [-0.39, 0.29) is 5.91 Å². The number of carbonyl (C=O) groups is 1. The third-order valence-corrected chi connectivity index (χ3v) is 5.96. The van der Waals surface area contributed by atoms with Gasteiger partial charge in [-0.3, -0.25) is 9.36 Å². The Morgan fingerprint density at radius 2 is 1.94 bits per heavy atom. The molecule has 0 fully saturated rings. The number of aromatic nitrogens is 2. The molecular weight excluding hydrogens is 422 g/mol. The monoisotopic (exact) mass is 447 g/mol. The number of methoxy groups -OCH3 is 1. The molecule has 0 unspecified atom stereocenters. The SMILES string of the molecule is CCN(Cc1ccc(OCc2cccs2)c(OC)c1)C(=O)c1cncn1-c1ccccc1. The Labute approximate surface area is 191 Å². The molecule has 164 valence electrons. The van der Waals surface area contributed by atoms with Gasteiger partial charge in [-0.15, -0.1) is 11.3 Å². The Bertz CT molecular complexity index is 1160. The van der Waals surface area contributed by atoms with Crippen LogP contribution in [-0.4, -0.2) is 34.0 Å². The first-order chi connectivity index (χ1) is 15.7. The molecule has 4 rings (SSSR count). The molecule has 0 radical (unpaired) electrons. The Kier molecular flexibility index (Phi) is 6.87. The van der Waals surface area contributed by atoms with Gasteiger partial charge in [0.2, 0.25) is 0 Å². The van der Waals surface area contributed by atoms with Gasteiger partial charge in [0.25, 0.3) is 5.91 Å². The van der Waals surface area contributed by atoms with Gasteiger partial charge in [-0.05, 0) is 48.2 Å². The van der Waals surface area contributed by atoms with E-state index in [1.54, 1.807) is 35.9 Å². The van der Waals surface area contributed by atoms with E-state index in [4.69, 9.17) is 9.47 Å². The molecule has 2 aromatic carbocycles. The second-order valence-electron chi connectivity index (χ2n) is 7.16. The van der Waals surface area contributed by atoms with Crippen LogP contribution in [0.4, 0.5) is 0 Å². The number of para-hydroxylation sites is 1. The lowest BCUT2D eigenvalue weighted by Gasteiger charge is -2.22. The van der Waals surface area contributed by atoms with E-state index in [1.807, 2.05) is 77.5 Å². The average Bonchev–Trinajstić information content (AvgIpc) is 3.54. The van der Waals surface area contributed by atoms with Gasteiger partial charge >= 0.3 is 0 Å². The summed E-state index contributed by atoms with van der Waals surface area (Å²) in [4.78, 5) is 20.4. The molecule has 4 aromatic rings. The van der Waals surface area contributed by atoms with Gasteiger partial charge in [0.05, 0.1) is 19.6 Å². The smallest absolute Gasteiger partial charge is 0.272 e. The van der Waals surface area contributed by atoms with E-state index in [1.165, 1.54) is 0 Å². The topological polar surface area (TPSA) is 56.6 Å². The Balaban J connectivity index is 1.50. The minimum atomic E-state index is -0.0779. The molecule has 7 heteroatoms. The summed E-state index contributed by atoms with van der Waals surface area (Å²) in [5.74, 6) is 1.25. The summed E-state index contributed by atoms with van der Waals surface area (Å²) in [6.45, 7) is 3.49. The summed E-state index contributed by atoms with van der Waals surface area (Å²) >= 11 is 1.65. The van der Waals surface area contributed by atoms with Gasteiger partial charge < -0.3 is 14.4 Å². The van der Waals surface area contributed by atoms with Crippen molar-refractivity contribution in [2.24, 2.45) is 0 Å². The van der Waals surface area contributed by atoms with Crippen molar-refractivity contribution in [3.8, 4) is 17.2 Å². The van der Waals surface area contributed by atoms with E-state index in [0.29, 0.717) is 36.9 Å². The van der Waals surface area contributed by atoms with Crippen molar-refractivity contribution in [2.45, 2.75) is 20.1 Å². The normalized spacial score (nSPS) is 10.7. The molecule has 0 atom stereocenters. The van der Waals surface area contributed by atoms with Crippen molar-refractivity contribution >= 4 is 17.2 Å². The number of hydrogen-bond acceptors (Lipinski definition) is 5. The zero-order valence-corrected chi connectivity index (χ0v) is 18.9. The number of nitrogens with zero attached hydrogens (tertiary/aromatic N) is 3. The molecule has 1 amide bonds. The van der Waals surface area contributed by atoms with Crippen molar-refractivity contribution in [1.82, 2.24) is 14.5 Å². The molecule has 6 nitrogen and oxygen atoms in total. The number of thiophene rings is 1. The second kappa shape index (κ2) is 10.2. The van der Waals surface area contributed by atoms with Crippen LogP contribution in [0.25, 0.3) is 5.69 Å². The molecule has 32 heavy (non-hydrogen) atoms. The van der Waals surface area contributed by atoms with Crippen molar-refractivity contribution in [1.29, 1.82) is 0 Å². The van der Waals surface area contributed by atoms with Crippen LogP contribution in [0.15, 0.2) is 78.6 Å². The first-order valence-electron chi connectivity index (χ1n) is 10.4. The van der Waals surface area contributed by atoms with Crippen molar-refractivity contribution < 1.29 is 14.3 Å². The van der Waals surface area contributed by atoms with Crippen LogP contribution >= 0.6 is 11.3 Å². The predicted molar refractivity (Wildman–Crippen MR) is 126 cm³/mol. The minimum absolute atomic E-state index is 0.0779. The van der Waals surface area contributed by atoms with Gasteiger partial charge in [-0.2, -0.15) is 0 Å². The summed E-state index contributed by atoms with van der Waals surface area (Å²) in [5.41, 5.74) is 2.39. The fourth-order valence-electron chi connectivity index (χ4n) is 3.43. The van der Waals surface area contributed by atoms with Gasteiger partial charge in [0.15, 0.2) is 11.5 Å². The fourth-order valence-corrected chi connectivity index (χ4v) is 4.05. The third-order valence-electron chi connectivity index (χ3n) is 5.11. The zero-order valence-electron chi connectivity index (χ0n) is 18.1. The van der Waals surface area contributed by atoms with Gasteiger partial charge in [0, 0.05) is 23.7 Å². The fraction of sp³-hybridized carbons (Fsp3) is 0.200. The van der Waals surface area contributed by atoms with E-state index in [9.17, 15) is 4.79 Å². The molecule has 0 N–H and O–H groups in total. The highest BCUT2D eigenvalue weighted by molar-refractivity contribution is 7.09. The summed E-state index contributed by atoms with van der Waals surface area (Å²) in [6, 6.07) is 19.6. The first-order valence-corrected chi connectivity index (χ1v) is 11.3. The quantitative estimate of drug-likeness (QED) is 0.355. The second-order valence-corrected chi connectivity index (χ2v) is 8.19. The molecule has 2 heterocycles.